The molecule has 1 amide bonds. The lowest BCUT2D eigenvalue weighted by molar-refractivity contribution is -0.394. The number of hydrogen-bond donors (Lipinski definition) is 1. The first-order chi connectivity index (χ1) is 16.8. The minimum absolute atomic E-state index is 0.190. The molecule has 12 heteroatoms. The number of benzene rings is 2. The molecule has 2 unspecified atom stereocenters. The number of nitrogens with one attached hydrogen (secondary N) is 1. The summed E-state index contributed by atoms with van der Waals surface area (Å²) < 4.78 is 0. The van der Waals surface area contributed by atoms with Crippen molar-refractivity contribution in [1.82, 2.24) is 0 Å². The number of nitro benzene ring substituents is 2. The summed E-state index contributed by atoms with van der Waals surface area (Å²) in [4.78, 5) is 51.9. The van der Waals surface area contributed by atoms with Gasteiger partial charge in [0.2, 0.25) is 5.91 Å². The summed E-state index contributed by atoms with van der Waals surface area (Å²) in [6.45, 7) is 5.91. The number of carbonyl (C=O) groups excluding carboxylic acids is 2. The van der Waals surface area contributed by atoms with Crippen LogP contribution < -0.4 is 5.32 Å². The molecule has 1 N–H and O–H groups in total. The Kier molecular flexibility index (Phi) is 6.07. The Bertz CT molecular complexity index is 1310. The molecule has 2 aromatic carbocycles. The van der Waals surface area contributed by atoms with Crippen LogP contribution >= 0.6 is 11.6 Å². The molecule has 2 aliphatic carbocycles. The summed E-state index contributed by atoms with van der Waals surface area (Å²) >= 11 is 6.05. The largest absolute Gasteiger partial charge is 0.366 e. The second-order valence-electron chi connectivity index (χ2n) is 9.85. The van der Waals surface area contributed by atoms with E-state index in [4.69, 9.17) is 16.4 Å². The SMILES string of the molecule is CC12CCC(C(=O)Nc3cccc(Cl)c3)(CC1=NOC(=O)c1cc([N+](=O)[O-])cc([N+](=O)[O-])c1)C2(C)C. The van der Waals surface area contributed by atoms with E-state index in [0.29, 0.717) is 29.3 Å². The predicted octanol–water partition coefficient (Wildman–Crippen LogP) is 5.52. The lowest BCUT2D eigenvalue weighted by Gasteiger charge is -2.39. The molecule has 4 rings (SSSR count). The van der Waals surface area contributed by atoms with Crippen LogP contribution in [0, 0.1) is 36.5 Å². The fourth-order valence-corrected chi connectivity index (χ4v) is 5.60. The zero-order valence-electron chi connectivity index (χ0n) is 19.7. The zero-order chi connectivity index (χ0) is 26.5. The number of nitrogens with zero attached hydrogens (tertiary/aromatic N) is 3. The van der Waals surface area contributed by atoms with E-state index >= 15 is 0 Å². The normalized spacial score (nSPS) is 24.9. The van der Waals surface area contributed by atoms with Gasteiger partial charge in [0.25, 0.3) is 11.4 Å². The van der Waals surface area contributed by atoms with Gasteiger partial charge in [-0.05, 0) is 36.5 Å². The Morgan fingerprint density at radius 3 is 2.25 bits per heavy atom. The van der Waals surface area contributed by atoms with Gasteiger partial charge < -0.3 is 10.2 Å². The Morgan fingerprint density at radius 1 is 1.03 bits per heavy atom. The van der Waals surface area contributed by atoms with Gasteiger partial charge in [0.05, 0.1) is 32.6 Å². The topological polar surface area (TPSA) is 154 Å². The predicted molar refractivity (Wildman–Crippen MR) is 131 cm³/mol. The van der Waals surface area contributed by atoms with E-state index in [0.717, 1.165) is 18.2 Å². The van der Waals surface area contributed by atoms with E-state index in [-0.39, 0.29) is 17.9 Å². The van der Waals surface area contributed by atoms with Crippen molar-refractivity contribution >= 4 is 46.3 Å². The first kappa shape index (κ1) is 25.2. The van der Waals surface area contributed by atoms with Crippen LogP contribution in [0.5, 0.6) is 0 Å². The number of hydrogen-bond acceptors (Lipinski definition) is 8. The van der Waals surface area contributed by atoms with Gasteiger partial charge in [-0.2, -0.15) is 0 Å². The Hall–Kier alpha value is -3.86. The molecule has 0 aromatic heterocycles. The summed E-state index contributed by atoms with van der Waals surface area (Å²) in [5.41, 5.74) is -2.46. The van der Waals surface area contributed by atoms with E-state index in [2.05, 4.69) is 10.5 Å². The van der Waals surface area contributed by atoms with Gasteiger partial charge in [-0.3, -0.25) is 25.0 Å². The van der Waals surface area contributed by atoms with Gasteiger partial charge in [0.1, 0.15) is 0 Å². The monoisotopic (exact) mass is 514 g/mol. The number of oxime groups is 1. The van der Waals surface area contributed by atoms with Crippen molar-refractivity contribution in [2.45, 2.75) is 40.0 Å². The Labute approximate surface area is 210 Å². The molecule has 2 bridgehead atoms. The standard InChI is InChI=1S/C24H23ClN4O7/c1-22(2)23(3)7-8-24(22,21(31)26-16-6-4-5-15(25)11-16)13-19(23)27-36-20(30)14-9-17(28(32)33)12-18(10-14)29(34)35/h4-6,9-12H,7-8,13H2,1-3H3,(H,26,31). The molecule has 0 aliphatic heterocycles. The highest BCUT2D eigenvalue weighted by molar-refractivity contribution is 6.30. The van der Waals surface area contributed by atoms with Crippen molar-refractivity contribution in [3.63, 3.8) is 0 Å². The molecule has 0 spiro atoms. The lowest BCUT2D eigenvalue weighted by atomic mass is 9.64. The van der Waals surface area contributed by atoms with E-state index in [1.807, 2.05) is 20.8 Å². The van der Waals surface area contributed by atoms with Crippen LogP contribution in [0.3, 0.4) is 0 Å². The maximum Gasteiger partial charge on any atom is 0.366 e. The molecule has 2 aromatic rings. The van der Waals surface area contributed by atoms with Crippen molar-refractivity contribution in [3.8, 4) is 0 Å². The second kappa shape index (κ2) is 8.66. The van der Waals surface area contributed by atoms with Crippen LogP contribution in [0.15, 0.2) is 47.6 Å². The van der Waals surface area contributed by atoms with E-state index in [1.165, 1.54) is 0 Å². The van der Waals surface area contributed by atoms with Gasteiger partial charge >= 0.3 is 5.97 Å². The highest BCUT2D eigenvalue weighted by Gasteiger charge is 2.71. The minimum atomic E-state index is -1.07. The highest BCUT2D eigenvalue weighted by Crippen LogP contribution is 2.71. The van der Waals surface area contributed by atoms with Crippen LogP contribution in [0.1, 0.15) is 50.4 Å². The van der Waals surface area contributed by atoms with Crippen molar-refractivity contribution in [3.05, 3.63) is 73.3 Å². The average molecular weight is 515 g/mol. The van der Waals surface area contributed by atoms with Crippen molar-refractivity contribution in [1.29, 1.82) is 0 Å². The molecule has 2 atom stereocenters. The van der Waals surface area contributed by atoms with Crippen LogP contribution in [0.25, 0.3) is 0 Å². The maximum atomic E-state index is 13.5. The number of nitro groups is 2. The van der Waals surface area contributed by atoms with Gasteiger partial charge in [-0.25, -0.2) is 4.79 Å². The summed E-state index contributed by atoms with van der Waals surface area (Å²) in [5, 5.41) is 29.8. The quantitative estimate of drug-likeness (QED) is 0.302. The molecule has 11 nitrogen and oxygen atoms in total. The number of rotatable bonds is 6. The van der Waals surface area contributed by atoms with Crippen LogP contribution in [0.2, 0.25) is 5.02 Å². The molecule has 2 saturated carbocycles. The first-order valence-electron chi connectivity index (χ1n) is 11.1. The van der Waals surface area contributed by atoms with Gasteiger partial charge in [-0.1, -0.05) is 43.6 Å². The summed E-state index contributed by atoms with van der Waals surface area (Å²) in [7, 11) is 0. The van der Waals surface area contributed by atoms with Gasteiger partial charge in [-0.15, -0.1) is 0 Å². The molecule has 2 aliphatic rings. The summed E-state index contributed by atoms with van der Waals surface area (Å²) in [6, 6.07) is 9.37. The summed E-state index contributed by atoms with van der Waals surface area (Å²) in [6.07, 6.45) is 1.47. The van der Waals surface area contributed by atoms with E-state index < -0.39 is 43.4 Å². The molecule has 0 heterocycles. The van der Waals surface area contributed by atoms with Gasteiger partial charge in [0.15, 0.2) is 0 Å². The third-order valence-electron chi connectivity index (χ3n) is 8.05. The number of carbonyl (C=O) groups is 2. The molecule has 36 heavy (non-hydrogen) atoms. The molecular weight excluding hydrogens is 492 g/mol. The van der Waals surface area contributed by atoms with Crippen LogP contribution in [-0.4, -0.2) is 27.4 Å². The number of anilines is 1. The molecule has 2 fully saturated rings. The lowest BCUT2D eigenvalue weighted by Crippen LogP contribution is -2.43. The van der Waals surface area contributed by atoms with Crippen molar-refractivity contribution in [2.75, 3.05) is 5.32 Å². The highest BCUT2D eigenvalue weighted by atomic mass is 35.5. The number of fused-ring (bicyclic) bond motifs is 2. The second-order valence-corrected chi connectivity index (χ2v) is 10.3. The van der Waals surface area contributed by atoms with Crippen LogP contribution in [0.4, 0.5) is 17.1 Å². The number of amides is 1. The summed E-state index contributed by atoms with van der Waals surface area (Å²) in [5.74, 6) is -1.26. The molecule has 0 saturated heterocycles. The first-order valence-corrected chi connectivity index (χ1v) is 11.5. The van der Waals surface area contributed by atoms with Gasteiger partial charge in [0, 0.05) is 34.7 Å². The number of halogens is 1. The maximum absolute atomic E-state index is 13.5. The van der Waals surface area contributed by atoms with E-state index in [9.17, 15) is 29.8 Å². The smallest absolute Gasteiger partial charge is 0.326 e. The molecule has 0 radical (unpaired) electrons. The third-order valence-corrected chi connectivity index (χ3v) is 8.28. The van der Waals surface area contributed by atoms with Crippen molar-refractivity contribution in [2.24, 2.45) is 21.4 Å². The average Bonchev–Trinajstić information content (AvgIpc) is 3.13. The van der Waals surface area contributed by atoms with Crippen LogP contribution in [-0.2, 0) is 9.63 Å². The third kappa shape index (κ3) is 3.89. The molecule has 188 valence electrons. The Morgan fingerprint density at radius 2 is 1.67 bits per heavy atom. The number of non-ortho nitro benzene ring substituents is 2. The fourth-order valence-electron chi connectivity index (χ4n) is 5.41. The Balaban J connectivity index is 1.61. The zero-order valence-corrected chi connectivity index (χ0v) is 20.5. The van der Waals surface area contributed by atoms with Crippen molar-refractivity contribution < 1.29 is 24.3 Å². The molecular formula is C24H23ClN4O7. The minimum Gasteiger partial charge on any atom is -0.326 e. The fraction of sp³-hybridized carbons (Fsp3) is 0.375. The van der Waals surface area contributed by atoms with E-state index in [1.54, 1.807) is 24.3 Å².